The predicted octanol–water partition coefficient (Wildman–Crippen LogP) is 4.23. The van der Waals surface area contributed by atoms with E-state index in [1.807, 2.05) is 18.7 Å². The summed E-state index contributed by atoms with van der Waals surface area (Å²) in [5, 5.41) is 9.05. The largest absolute Gasteiger partial charge is 0.491 e. The van der Waals surface area contributed by atoms with Crippen LogP contribution in [-0.2, 0) is 11.2 Å². The van der Waals surface area contributed by atoms with Gasteiger partial charge in [-0.25, -0.2) is 0 Å². The van der Waals surface area contributed by atoms with Gasteiger partial charge in [0.25, 0.3) is 5.91 Å². The summed E-state index contributed by atoms with van der Waals surface area (Å²) in [5.41, 5.74) is 2.07. The summed E-state index contributed by atoms with van der Waals surface area (Å²) in [4.78, 5) is 26.9. The molecule has 1 amide bonds. The highest BCUT2D eigenvalue weighted by Crippen LogP contribution is 2.46. The van der Waals surface area contributed by atoms with E-state index in [0.29, 0.717) is 55.7 Å². The van der Waals surface area contributed by atoms with E-state index in [0.717, 1.165) is 44.7 Å². The number of aromatic nitrogens is 2. The molecule has 0 aliphatic carbocycles. The van der Waals surface area contributed by atoms with Crippen LogP contribution in [0.5, 0.6) is 5.75 Å². The number of piperidine rings is 1. The molecule has 4 aliphatic heterocycles. The lowest BCUT2D eigenvalue weighted by atomic mass is 9.99. The van der Waals surface area contributed by atoms with Gasteiger partial charge in [-0.3, -0.25) is 9.69 Å². The molecule has 5 heterocycles. The van der Waals surface area contributed by atoms with Crippen LogP contribution in [-0.4, -0.2) is 97.0 Å². The van der Waals surface area contributed by atoms with Crippen LogP contribution in [0, 0.1) is 5.92 Å². The van der Waals surface area contributed by atoms with Crippen molar-refractivity contribution < 1.29 is 27.4 Å². The van der Waals surface area contributed by atoms with Gasteiger partial charge in [0, 0.05) is 62.9 Å². The average molecular weight is 590 g/mol. The minimum Gasteiger partial charge on any atom is -0.491 e. The number of hydrogen-bond acceptors (Lipinski definition) is 9. The molecule has 0 radical (unpaired) electrons. The second kappa shape index (κ2) is 11.8. The molecule has 6 rings (SSSR count). The van der Waals surface area contributed by atoms with E-state index < -0.39 is 12.1 Å². The van der Waals surface area contributed by atoms with Crippen LogP contribution in [0.25, 0.3) is 0 Å². The van der Waals surface area contributed by atoms with Crippen molar-refractivity contribution in [2.24, 2.45) is 5.92 Å². The zero-order valence-electron chi connectivity index (χ0n) is 24.0. The van der Waals surface area contributed by atoms with Crippen LogP contribution in [0.3, 0.4) is 0 Å². The number of amides is 1. The van der Waals surface area contributed by atoms with Gasteiger partial charge >= 0.3 is 6.18 Å². The zero-order chi connectivity index (χ0) is 29.4. The second-order valence-electron chi connectivity index (χ2n) is 11.8. The number of anilines is 4. The van der Waals surface area contributed by atoms with Crippen molar-refractivity contribution in [1.82, 2.24) is 19.8 Å². The van der Waals surface area contributed by atoms with Crippen LogP contribution in [0.1, 0.15) is 54.1 Å². The molecule has 0 saturated carbocycles. The summed E-state index contributed by atoms with van der Waals surface area (Å²) in [6.45, 7) is 9.40. The molecule has 0 spiro atoms. The molecule has 3 N–H and O–H groups in total. The van der Waals surface area contributed by atoms with E-state index in [2.05, 4.69) is 30.8 Å². The number of hydrogen-bond donors (Lipinski definition) is 3. The zero-order valence-corrected chi connectivity index (χ0v) is 24.0. The molecule has 1 unspecified atom stereocenters. The Kier molecular flexibility index (Phi) is 8.05. The number of halogens is 3. The smallest absolute Gasteiger partial charge is 0.397 e. The molecule has 0 bridgehead atoms. The van der Waals surface area contributed by atoms with Gasteiger partial charge in [-0.1, -0.05) is 13.8 Å². The minimum absolute atomic E-state index is 0.0000671. The van der Waals surface area contributed by atoms with Crippen LogP contribution < -0.4 is 20.7 Å². The highest BCUT2D eigenvalue weighted by Gasteiger charge is 2.47. The summed E-state index contributed by atoms with van der Waals surface area (Å²) in [6, 6.07) is 4.04. The molecular weight excluding hydrogens is 551 g/mol. The van der Waals surface area contributed by atoms with Crippen molar-refractivity contribution in [3.63, 3.8) is 0 Å². The first kappa shape index (κ1) is 28.8. The third-order valence-corrected chi connectivity index (χ3v) is 8.49. The average Bonchev–Trinajstić information content (AvgIpc) is 3.65. The van der Waals surface area contributed by atoms with Crippen LogP contribution in [0.2, 0.25) is 0 Å². The molecule has 228 valence electrons. The molecule has 4 aliphatic rings. The summed E-state index contributed by atoms with van der Waals surface area (Å²) >= 11 is 0. The van der Waals surface area contributed by atoms with E-state index in [-0.39, 0.29) is 41.5 Å². The fourth-order valence-electron chi connectivity index (χ4n) is 6.27. The normalized spacial score (nSPS) is 21.1. The number of nitrogens with one attached hydrogen (secondary N) is 3. The van der Waals surface area contributed by atoms with Crippen molar-refractivity contribution in [1.29, 1.82) is 0 Å². The number of benzene rings is 1. The van der Waals surface area contributed by atoms with Crippen LogP contribution >= 0.6 is 0 Å². The van der Waals surface area contributed by atoms with E-state index >= 15 is 0 Å². The van der Waals surface area contributed by atoms with Gasteiger partial charge in [0.05, 0.1) is 31.1 Å². The second-order valence-corrected chi connectivity index (χ2v) is 11.8. The number of morpholine rings is 1. The Labute approximate surface area is 243 Å². The lowest BCUT2D eigenvalue weighted by Gasteiger charge is -2.40. The summed E-state index contributed by atoms with van der Waals surface area (Å²) < 4.78 is 52.7. The van der Waals surface area contributed by atoms with Crippen molar-refractivity contribution >= 4 is 29.2 Å². The van der Waals surface area contributed by atoms with Gasteiger partial charge in [-0.05, 0) is 30.9 Å². The molecule has 1 atom stereocenters. The van der Waals surface area contributed by atoms with Gasteiger partial charge in [0.1, 0.15) is 23.3 Å². The Balaban J connectivity index is 1.21. The third kappa shape index (κ3) is 5.81. The lowest BCUT2D eigenvalue weighted by molar-refractivity contribution is -0.145. The maximum absolute atomic E-state index is 13.8. The van der Waals surface area contributed by atoms with Gasteiger partial charge < -0.3 is 30.3 Å². The van der Waals surface area contributed by atoms with E-state index in [9.17, 15) is 18.0 Å². The first-order valence-electron chi connectivity index (χ1n) is 14.8. The van der Waals surface area contributed by atoms with Crippen molar-refractivity contribution in [3.8, 4) is 5.75 Å². The SMILES string of the molecule is CC(C)CNc1nc(Nc2ccc(C(=O)N3CCC(N4CCOCC4)CC3)c3c2OCC3)nc2c1C(C(F)(F)F)CN2. The predicted molar refractivity (Wildman–Crippen MR) is 153 cm³/mol. The standard InChI is InChI=1S/C29H38F3N7O3/c1-17(2)15-33-25-23-21(29(30,31)32)16-34-26(23)37-28(36-25)35-22-4-3-20(19-7-12-42-24(19)22)27(40)39-8-5-18(6-9-39)38-10-13-41-14-11-38/h3-4,17-18,21H,5-16H2,1-2H3,(H3,33,34,35,36,37). The number of nitrogens with zero attached hydrogens (tertiary/aromatic N) is 4. The van der Waals surface area contributed by atoms with Gasteiger partial charge in [-0.15, -0.1) is 0 Å². The lowest BCUT2D eigenvalue weighted by Crippen LogP contribution is -2.50. The maximum atomic E-state index is 13.8. The Morgan fingerprint density at radius 3 is 2.60 bits per heavy atom. The summed E-state index contributed by atoms with van der Waals surface area (Å²) in [7, 11) is 0. The molecule has 13 heteroatoms. The van der Waals surface area contributed by atoms with Gasteiger partial charge in [0.15, 0.2) is 0 Å². The number of alkyl halides is 3. The monoisotopic (exact) mass is 589 g/mol. The molecule has 1 aromatic carbocycles. The minimum atomic E-state index is -4.42. The number of carbonyl (C=O) groups excluding carboxylic acids is 1. The van der Waals surface area contributed by atoms with Gasteiger partial charge in [0.2, 0.25) is 5.95 Å². The highest BCUT2D eigenvalue weighted by atomic mass is 19.4. The third-order valence-electron chi connectivity index (χ3n) is 8.49. The number of likely N-dealkylation sites (tertiary alicyclic amines) is 1. The van der Waals surface area contributed by atoms with Crippen molar-refractivity contribution in [2.75, 3.05) is 75.0 Å². The van der Waals surface area contributed by atoms with Crippen molar-refractivity contribution in [3.05, 3.63) is 28.8 Å². The summed E-state index contributed by atoms with van der Waals surface area (Å²) in [5.74, 6) is -0.451. The molecule has 42 heavy (non-hydrogen) atoms. The fourth-order valence-corrected chi connectivity index (χ4v) is 6.27. The highest BCUT2D eigenvalue weighted by molar-refractivity contribution is 5.97. The van der Waals surface area contributed by atoms with Crippen LogP contribution in [0.15, 0.2) is 12.1 Å². The molecule has 2 fully saturated rings. The molecule has 10 nitrogen and oxygen atoms in total. The Bertz CT molecular complexity index is 1310. The van der Waals surface area contributed by atoms with Gasteiger partial charge in [-0.2, -0.15) is 23.1 Å². The number of carbonyl (C=O) groups is 1. The maximum Gasteiger partial charge on any atom is 0.397 e. The topological polar surface area (TPSA) is 104 Å². The molecule has 2 aromatic rings. The van der Waals surface area contributed by atoms with E-state index in [1.165, 1.54) is 0 Å². The number of rotatable bonds is 7. The number of ether oxygens (including phenoxy) is 2. The Morgan fingerprint density at radius 1 is 1.12 bits per heavy atom. The fraction of sp³-hybridized carbons (Fsp3) is 0.621. The quantitative estimate of drug-likeness (QED) is 0.438. The van der Waals surface area contributed by atoms with Crippen molar-refractivity contribution in [2.45, 2.75) is 51.2 Å². The van der Waals surface area contributed by atoms with Crippen LogP contribution in [0.4, 0.5) is 36.4 Å². The first-order chi connectivity index (χ1) is 20.2. The Morgan fingerprint density at radius 2 is 1.88 bits per heavy atom. The Hall–Kier alpha value is -3.32. The first-order valence-corrected chi connectivity index (χ1v) is 14.8. The molecular formula is C29H38F3N7O3. The number of fused-ring (bicyclic) bond motifs is 2. The molecule has 2 saturated heterocycles. The van der Waals surface area contributed by atoms with E-state index in [1.54, 1.807) is 12.1 Å². The molecule has 1 aromatic heterocycles. The summed E-state index contributed by atoms with van der Waals surface area (Å²) in [6.07, 6.45) is -1.94. The van der Waals surface area contributed by atoms with E-state index in [4.69, 9.17) is 9.47 Å².